The van der Waals surface area contributed by atoms with Crippen LogP contribution in [0.25, 0.3) is 0 Å². The summed E-state index contributed by atoms with van der Waals surface area (Å²) in [4.78, 5) is 0. The predicted octanol–water partition coefficient (Wildman–Crippen LogP) is 0.811. The molecule has 86 valence electrons. The summed E-state index contributed by atoms with van der Waals surface area (Å²) in [5.74, 6) is -0.315. The summed E-state index contributed by atoms with van der Waals surface area (Å²) in [6.07, 6.45) is -0.0338. The van der Waals surface area contributed by atoms with E-state index in [0.29, 0.717) is 0 Å². The number of rotatable bonds is 6. The Labute approximate surface area is 90.5 Å². The maximum atomic E-state index is 11.5. The van der Waals surface area contributed by atoms with Gasteiger partial charge in [0, 0.05) is 17.4 Å². The van der Waals surface area contributed by atoms with Crippen molar-refractivity contribution in [2.24, 2.45) is 0 Å². The summed E-state index contributed by atoms with van der Waals surface area (Å²) >= 11 is 5.39. The van der Waals surface area contributed by atoms with Crippen LogP contribution >= 0.6 is 11.6 Å². The molecule has 0 aromatic rings. The lowest BCUT2D eigenvalue weighted by atomic mass is 10.6. The maximum absolute atomic E-state index is 11.5. The van der Waals surface area contributed by atoms with Gasteiger partial charge in [-0.1, -0.05) is 13.8 Å². The molecule has 0 atom stereocenters. The average Bonchev–Trinajstić information content (AvgIpc) is 2.13. The van der Waals surface area contributed by atoms with Crippen LogP contribution in [0.3, 0.4) is 0 Å². The number of halogens is 1. The van der Waals surface area contributed by atoms with Crippen LogP contribution in [0, 0.1) is 0 Å². The Balaban J connectivity index is 5.18. The Kier molecular flexibility index (Phi) is 5.39. The van der Waals surface area contributed by atoms with Crippen LogP contribution in [0.15, 0.2) is 0 Å². The van der Waals surface area contributed by atoms with Crippen molar-refractivity contribution < 1.29 is 16.8 Å². The van der Waals surface area contributed by atoms with Crippen LogP contribution in [-0.4, -0.2) is 38.8 Å². The molecule has 7 heteroatoms. The zero-order valence-electron chi connectivity index (χ0n) is 8.23. The lowest BCUT2D eigenvalue weighted by molar-refractivity contribution is 0.573. The molecule has 0 radical (unpaired) electrons. The first-order valence-electron chi connectivity index (χ1n) is 4.31. The van der Waals surface area contributed by atoms with E-state index in [0.717, 1.165) is 0 Å². The van der Waals surface area contributed by atoms with Crippen molar-refractivity contribution >= 4 is 31.3 Å². The van der Waals surface area contributed by atoms with Gasteiger partial charge in [-0.05, 0) is 6.42 Å². The number of hydrogen-bond donors (Lipinski definition) is 0. The molecule has 0 aromatic carbocycles. The minimum absolute atomic E-state index is 0.0309. The normalized spacial score (nSPS) is 13.4. The smallest absolute Gasteiger partial charge is 0.167 e. The van der Waals surface area contributed by atoms with E-state index in [1.807, 2.05) is 0 Å². The Morgan fingerprint density at radius 3 is 1.57 bits per heavy atom. The van der Waals surface area contributed by atoms with E-state index < -0.39 is 24.3 Å². The summed E-state index contributed by atoms with van der Waals surface area (Å²) in [6, 6.07) is 0. The molecule has 0 rings (SSSR count). The van der Waals surface area contributed by atoms with E-state index in [1.54, 1.807) is 0 Å². The highest BCUT2D eigenvalue weighted by Gasteiger charge is 2.34. The Hall–Kier alpha value is 0.190. The fourth-order valence-corrected chi connectivity index (χ4v) is 5.82. The van der Waals surface area contributed by atoms with Crippen molar-refractivity contribution in [2.75, 3.05) is 17.4 Å². The molecule has 0 heterocycles. The summed E-state index contributed by atoms with van der Waals surface area (Å²) < 4.78 is 44.5. The standard InChI is InChI=1S/C7H15ClO4S2/c1-3-13(9,10)7(5-6-8)14(11,12)4-2/h7H,3-6H2,1-2H3. The van der Waals surface area contributed by atoms with Crippen LogP contribution in [0.4, 0.5) is 0 Å². The van der Waals surface area contributed by atoms with Crippen molar-refractivity contribution in [1.82, 2.24) is 0 Å². The molecule has 0 aliphatic carbocycles. The first-order chi connectivity index (χ1) is 6.31. The van der Waals surface area contributed by atoms with Gasteiger partial charge in [-0.15, -0.1) is 11.6 Å². The third-order valence-corrected chi connectivity index (χ3v) is 7.61. The average molecular weight is 263 g/mol. The van der Waals surface area contributed by atoms with E-state index in [9.17, 15) is 16.8 Å². The third kappa shape index (κ3) is 3.40. The molecule has 0 aromatic heterocycles. The van der Waals surface area contributed by atoms with Gasteiger partial charge in [0.1, 0.15) is 0 Å². The largest absolute Gasteiger partial charge is 0.228 e. The summed E-state index contributed by atoms with van der Waals surface area (Å²) in [7, 11) is -7.13. The van der Waals surface area contributed by atoms with Crippen molar-refractivity contribution in [1.29, 1.82) is 0 Å². The van der Waals surface area contributed by atoms with Crippen LogP contribution in [0.5, 0.6) is 0 Å². The molecule has 0 amide bonds. The van der Waals surface area contributed by atoms with Gasteiger partial charge >= 0.3 is 0 Å². The van der Waals surface area contributed by atoms with Crippen molar-refractivity contribution in [3.8, 4) is 0 Å². The number of alkyl halides is 1. The Morgan fingerprint density at radius 2 is 1.36 bits per heavy atom. The van der Waals surface area contributed by atoms with Gasteiger partial charge in [-0.25, -0.2) is 16.8 Å². The fourth-order valence-electron chi connectivity index (χ4n) is 1.04. The van der Waals surface area contributed by atoms with Crippen LogP contribution in [0.1, 0.15) is 20.3 Å². The van der Waals surface area contributed by atoms with Gasteiger partial charge in [0.05, 0.1) is 0 Å². The SMILES string of the molecule is CCS(=O)(=O)C(CCCl)S(=O)(=O)CC. The minimum Gasteiger partial charge on any atom is -0.228 e. The zero-order chi connectivity index (χ0) is 11.4. The lowest BCUT2D eigenvalue weighted by Crippen LogP contribution is -2.33. The monoisotopic (exact) mass is 262 g/mol. The lowest BCUT2D eigenvalue weighted by Gasteiger charge is -2.14. The number of hydrogen-bond acceptors (Lipinski definition) is 4. The van der Waals surface area contributed by atoms with Gasteiger partial charge in [-0.3, -0.25) is 0 Å². The van der Waals surface area contributed by atoms with Gasteiger partial charge in [0.25, 0.3) is 0 Å². The van der Waals surface area contributed by atoms with Gasteiger partial charge in [-0.2, -0.15) is 0 Å². The summed E-state index contributed by atoms with van der Waals surface area (Å²) in [5, 5.41) is 0. The molecule has 4 nitrogen and oxygen atoms in total. The van der Waals surface area contributed by atoms with Gasteiger partial charge in [0.15, 0.2) is 24.3 Å². The molecule has 14 heavy (non-hydrogen) atoms. The zero-order valence-corrected chi connectivity index (χ0v) is 10.6. The molecule has 0 unspecified atom stereocenters. The van der Waals surface area contributed by atoms with Crippen LogP contribution < -0.4 is 0 Å². The van der Waals surface area contributed by atoms with E-state index >= 15 is 0 Å². The van der Waals surface area contributed by atoms with Crippen molar-refractivity contribution in [3.63, 3.8) is 0 Å². The van der Waals surface area contributed by atoms with E-state index in [4.69, 9.17) is 11.6 Å². The molecule has 0 saturated heterocycles. The minimum atomic E-state index is -3.56. The van der Waals surface area contributed by atoms with E-state index in [1.165, 1.54) is 13.8 Å². The summed E-state index contributed by atoms with van der Waals surface area (Å²) in [6.45, 7) is 2.86. The third-order valence-electron chi connectivity index (χ3n) is 1.95. The van der Waals surface area contributed by atoms with Crippen molar-refractivity contribution in [2.45, 2.75) is 24.9 Å². The fraction of sp³-hybridized carbons (Fsp3) is 1.00. The topological polar surface area (TPSA) is 68.3 Å². The van der Waals surface area contributed by atoms with Crippen LogP contribution in [0.2, 0.25) is 0 Å². The number of sulfone groups is 2. The van der Waals surface area contributed by atoms with E-state index in [-0.39, 0.29) is 23.8 Å². The second-order valence-corrected chi connectivity index (χ2v) is 8.43. The first-order valence-corrected chi connectivity index (χ1v) is 8.27. The molecular weight excluding hydrogens is 248 g/mol. The highest BCUT2D eigenvalue weighted by Crippen LogP contribution is 2.16. The molecular formula is C7H15ClO4S2. The van der Waals surface area contributed by atoms with Gasteiger partial charge < -0.3 is 0 Å². The maximum Gasteiger partial charge on any atom is 0.167 e. The molecule has 0 N–H and O–H groups in total. The van der Waals surface area contributed by atoms with E-state index in [2.05, 4.69) is 0 Å². The molecule has 0 aliphatic rings. The second kappa shape index (κ2) is 5.32. The summed E-state index contributed by atoms with van der Waals surface area (Å²) in [5.41, 5.74) is 0. The van der Waals surface area contributed by atoms with Gasteiger partial charge in [0.2, 0.25) is 0 Å². The molecule has 0 aliphatic heterocycles. The predicted molar refractivity (Wildman–Crippen MR) is 58.0 cm³/mol. The Morgan fingerprint density at radius 1 is 1.00 bits per heavy atom. The molecule has 0 saturated carbocycles. The van der Waals surface area contributed by atoms with Crippen LogP contribution in [-0.2, 0) is 19.7 Å². The molecule has 0 bridgehead atoms. The highest BCUT2D eigenvalue weighted by atomic mass is 35.5. The molecule has 0 spiro atoms. The first kappa shape index (κ1) is 14.2. The highest BCUT2D eigenvalue weighted by molar-refractivity contribution is 8.09. The Bertz CT molecular complexity index is 323. The molecule has 0 fully saturated rings. The second-order valence-electron chi connectivity index (χ2n) is 2.81. The quantitative estimate of drug-likeness (QED) is 0.665. The van der Waals surface area contributed by atoms with Crippen molar-refractivity contribution in [3.05, 3.63) is 0 Å².